The van der Waals surface area contributed by atoms with Gasteiger partial charge in [-0.05, 0) is 12.8 Å². The lowest BCUT2D eigenvalue weighted by Gasteiger charge is -2.35. The standard InChI is InChI=1S/C10H13BrN4O/c11-6-10(1-3-16-4-2-10)7-15-8-13-9(5-12)14-15/h8H,1-4,6-7H2. The lowest BCUT2D eigenvalue weighted by molar-refractivity contribution is 0.0169. The molecule has 0 N–H and O–H groups in total. The van der Waals surface area contributed by atoms with E-state index in [0.29, 0.717) is 0 Å². The Morgan fingerprint density at radius 3 is 2.88 bits per heavy atom. The third-order valence-electron chi connectivity index (χ3n) is 2.97. The third-order valence-corrected chi connectivity index (χ3v) is 4.16. The number of aromatic nitrogens is 3. The molecule has 1 aliphatic rings. The molecular formula is C10H13BrN4O. The van der Waals surface area contributed by atoms with Crippen LogP contribution in [0, 0.1) is 16.7 Å². The summed E-state index contributed by atoms with van der Waals surface area (Å²) in [6.45, 7) is 2.38. The smallest absolute Gasteiger partial charge is 0.252 e. The monoisotopic (exact) mass is 284 g/mol. The van der Waals surface area contributed by atoms with Crippen LogP contribution in [0.1, 0.15) is 18.7 Å². The first kappa shape index (κ1) is 11.6. The summed E-state index contributed by atoms with van der Waals surface area (Å²) >= 11 is 3.57. The zero-order chi connectivity index (χ0) is 11.4. The van der Waals surface area contributed by atoms with Crippen molar-refractivity contribution in [2.24, 2.45) is 5.41 Å². The van der Waals surface area contributed by atoms with Gasteiger partial charge in [0, 0.05) is 30.5 Å². The molecule has 0 saturated carbocycles. The molecule has 6 heteroatoms. The lowest BCUT2D eigenvalue weighted by atomic mass is 9.82. The van der Waals surface area contributed by atoms with Crippen molar-refractivity contribution in [1.82, 2.24) is 14.8 Å². The Hall–Kier alpha value is -0.930. The average Bonchev–Trinajstić information content (AvgIpc) is 2.78. The Kier molecular flexibility index (Phi) is 3.56. The van der Waals surface area contributed by atoms with Gasteiger partial charge in [-0.2, -0.15) is 5.26 Å². The van der Waals surface area contributed by atoms with Gasteiger partial charge in [-0.15, -0.1) is 5.10 Å². The maximum atomic E-state index is 8.66. The van der Waals surface area contributed by atoms with Crippen LogP contribution in [0.25, 0.3) is 0 Å². The highest BCUT2D eigenvalue weighted by Gasteiger charge is 2.32. The highest BCUT2D eigenvalue weighted by molar-refractivity contribution is 9.09. The summed E-state index contributed by atoms with van der Waals surface area (Å²) in [5, 5.41) is 13.7. The normalized spacial score (nSPS) is 19.2. The number of hydrogen-bond donors (Lipinski definition) is 0. The first-order chi connectivity index (χ1) is 7.78. The first-order valence-corrected chi connectivity index (χ1v) is 6.33. The molecule has 0 amide bonds. The molecular weight excluding hydrogens is 272 g/mol. The van der Waals surface area contributed by atoms with Crippen LogP contribution in [0.5, 0.6) is 0 Å². The molecule has 86 valence electrons. The number of nitrogens with zero attached hydrogens (tertiary/aromatic N) is 4. The van der Waals surface area contributed by atoms with E-state index in [1.165, 1.54) is 0 Å². The summed E-state index contributed by atoms with van der Waals surface area (Å²) < 4.78 is 7.13. The first-order valence-electron chi connectivity index (χ1n) is 5.21. The van der Waals surface area contributed by atoms with Gasteiger partial charge in [0.2, 0.25) is 0 Å². The molecule has 16 heavy (non-hydrogen) atoms. The van der Waals surface area contributed by atoms with Gasteiger partial charge in [-0.1, -0.05) is 15.9 Å². The summed E-state index contributed by atoms with van der Waals surface area (Å²) in [5.74, 6) is 0.233. The molecule has 2 rings (SSSR count). The van der Waals surface area contributed by atoms with E-state index >= 15 is 0 Å². The Labute approximate surface area is 103 Å². The lowest BCUT2D eigenvalue weighted by Crippen LogP contribution is -2.35. The minimum atomic E-state index is 0.179. The van der Waals surface area contributed by atoms with E-state index in [1.54, 1.807) is 11.0 Å². The van der Waals surface area contributed by atoms with Crippen molar-refractivity contribution in [3.05, 3.63) is 12.2 Å². The second kappa shape index (κ2) is 4.93. The van der Waals surface area contributed by atoms with E-state index < -0.39 is 0 Å². The predicted molar refractivity (Wildman–Crippen MR) is 61.0 cm³/mol. The van der Waals surface area contributed by atoms with E-state index in [1.807, 2.05) is 6.07 Å². The Morgan fingerprint density at radius 1 is 1.56 bits per heavy atom. The van der Waals surface area contributed by atoms with Crippen molar-refractivity contribution in [1.29, 1.82) is 5.26 Å². The van der Waals surface area contributed by atoms with Crippen LogP contribution in [-0.4, -0.2) is 33.3 Å². The fourth-order valence-electron chi connectivity index (χ4n) is 1.90. The van der Waals surface area contributed by atoms with Gasteiger partial charge in [0.05, 0.1) is 0 Å². The number of halogens is 1. The molecule has 0 bridgehead atoms. The summed E-state index contributed by atoms with van der Waals surface area (Å²) in [6, 6.07) is 1.94. The van der Waals surface area contributed by atoms with E-state index in [4.69, 9.17) is 10.00 Å². The molecule has 5 nitrogen and oxygen atoms in total. The molecule has 1 aromatic heterocycles. The number of alkyl halides is 1. The predicted octanol–water partition coefficient (Wildman–Crippen LogP) is 1.34. The van der Waals surface area contributed by atoms with Crippen LogP contribution in [0.4, 0.5) is 0 Å². The van der Waals surface area contributed by atoms with Gasteiger partial charge >= 0.3 is 0 Å². The molecule has 0 radical (unpaired) electrons. The van der Waals surface area contributed by atoms with E-state index in [0.717, 1.165) is 37.9 Å². The van der Waals surface area contributed by atoms with Crippen LogP contribution in [0.15, 0.2) is 6.33 Å². The summed E-state index contributed by atoms with van der Waals surface area (Å²) in [5.41, 5.74) is 0.179. The molecule has 1 aromatic rings. The molecule has 1 saturated heterocycles. The number of hydrogen-bond acceptors (Lipinski definition) is 4. The van der Waals surface area contributed by atoms with Crippen LogP contribution in [0.2, 0.25) is 0 Å². The SMILES string of the molecule is N#Cc1ncn(CC2(CBr)CCOCC2)n1. The number of rotatable bonds is 3. The fourth-order valence-corrected chi connectivity index (χ4v) is 2.64. The third kappa shape index (κ3) is 2.42. The minimum Gasteiger partial charge on any atom is -0.381 e. The van der Waals surface area contributed by atoms with Crippen LogP contribution < -0.4 is 0 Å². The molecule has 1 fully saturated rings. The zero-order valence-corrected chi connectivity index (χ0v) is 10.5. The highest BCUT2D eigenvalue weighted by atomic mass is 79.9. The largest absolute Gasteiger partial charge is 0.381 e. The summed E-state index contributed by atoms with van der Waals surface area (Å²) in [4.78, 5) is 3.91. The van der Waals surface area contributed by atoms with Crippen LogP contribution in [0.3, 0.4) is 0 Å². The molecule has 0 aromatic carbocycles. The van der Waals surface area contributed by atoms with Crippen LogP contribution >= 0.6 is 15.9 Å². The molecule has 1 aliphatic heterocycles. The molecule has 2 heterocycles. The molecule has 0 atom stereocenters. The van der Waals surface area contributed by atoms with Gasteiger partial charge < -0.3 is 4.74 Å². The van der Waals surface area contributed by atoms with Gasteiger partial charge in [0.15, 0.2) is 0 Å². The Balaban J connectivity index is 2.08. The maximum Gasteiger partial charge on any atom is 0.252 e. The Bertz CT molecular complexity index is 392. The van der Waals surface area contributed by atoms with Crippen molar-refractivity contribution in [2.75, 3.05) is 18.5 Å². The zero-order valence-electron chi connectivity index (χ0n) is 8.90. The topological polar surface area (TPSA) is 63.7 Å². The summed E-state index contributed by atoms with van der Waals surface area (Å²) in [7, 11) is 0. The van der Waals surface area contributed by atoms with Crippen molar-refractivity contribution in [3.8, 4) is 6.07 Å². The van der Waals surface area contributed by atoms with E-state index in [-0.39, 0.29) is 11.2 Å². The van der Waals surface area contributed by atoms with Crippen molar-refractivity contribution in [3.63, 3.8) is 0 Å². The Morgan fingerprint density at radius 2 is 2.31 bits per heavy atom. The number of nitriles is 1. The molecule has 0 aliphatic carbocycles. The number of ether oxygens (including phenoxy) is 1. The van der Waals surface area contributed by atoms with Gasteiger partial charge in [0.25, 0.3) is 5.82 Å². The second-order valence-corrected chi connectivity index (χ2v) is 4.68. The average molecular weight is 285 g/mol. The summed E-state index contributed by atoms with van der Waals surface area (Å²) in [6.07, 6.45) is 3.65. The van der Waals surface area contributed by atoms with Crippen molar-refractivity contribution in [2.45, 2.75) is 19.4 Å². The molecule has 0 unspecified atom stereocenters. The maximum absolute atomic E-state index is 8.66. The van der Waals surface area contributed by atoms with Crippen molar-refractivity contribution < 1.29 is 4.74 Å². The van der Waals surface area contributed by atoms with Gasteiger partial charge in [-0.25, -0.2) is 4.98 Å². The van der Waals surface area contributed by atoms with E-state index in [9.17, 15) is 0 Å². The van der Waals surface area contributed by atoms with E-state index in [2.05, 4.69) is 26.0 Å². The van der Waals surface area contributed by atoms with Gasteiger partial charge in [-0.3, -0.25) is 4.68 Å². The quantitative estimate of drug-likeness (QED) is 0.786. The minimum absolute atomic E-state index is 0.179. The van der Waals surface area contributed by atoms with Crippen LogP contribution in [-0.2, 0) is 11.3 Å². The second-order valence-electron chi connectivity index (χ2n) is 4.12. The van der Waals surface area contributed by atoms with Crippen molar-refractivity contribution >= 4 is 15.9 Å². The fraction of sp³-hybridized carbons (Fsp3) is 0.700. The molecule has 0 spiro atoms. The van der Waals surface area contributed by atoms with Gasteiger partial charge in [0.1, 0.15) is 12.4 Å². The highest BCUT2D eigenvalue weighted by Crippen LogP contribution is 2.33.